The Morgan fingerprint density at radius 1 is 1.28 bits per heavy atom. The average molecular weight is 416 g/mol. The fourth-order valence-corrected chi connectivity index (χ4v) is 3.64. The highest BCUT2D eigenvalue weighted by Crippen LogP contribution is 2.43. The molecule has 2 N–H and O–H groups in total. The highest BCUT2D eigenvalue weighted by atomic mass is 35.5. The fourth-order valence-electron chi connectivity index (χ4n) is 3.48. The van der Waals surface area contributed by atoms with E-state index in [9.17, 15) is 4.79 Å². The van der Waals surface area contributed by atoms with Gasteiger partial charge in [-0.1, -0.05) is 29.8 Å². The maximum Gasteiger partial charge on any atom is 0.248 e. The summed E-state index contributed by atoms with van der Waals surface area (Å²) in [6, 6.07) is 8.29. The highest BCUT2D eigenvalue weighted by molar-refractivity contribution is 6.32. The molecule has 4 rings (SSSR count). The molecule has 1 aliphatic heterocycles. The number of halogens is 1. The molecule has 154 valence electrons. The SMILES string of the molecule is O=C1COCCCN1CCCNc1nc(Nc2ccccc2C2CC2)ncc1Cl. The third-order valence-electron chi connectivity index (χ3n) is 5.16. The van der Waals surface area contributed by atoms with Gasteiger partial charge in [0.2, 0.25) is 11.9 Å². The predicted molar refractivity (Wildman–Crippen MR) is 114 cm³/mol. The van der Waals surface area contributed by atoms with Crippen molar-refractivity contribution in [3.05, 3.63) is 41.0 Å². The third-order valence-corrected chi connectivity index (χ3v) is 5.44. The molecule has 0 bridgehead atoms. The lowest BCUT2D eigenvalue weighted by Gasteiger charge is -2.19. The summed E-state index contributed by atoms with van der Waals surface area (Å²) in [5.74, 6) is 1.81. The van der Waals surface area contributed by atoms with Crippen molar-refractivity contribution < 1.29 is 9.53 Å². The molecule has 1 aromatic carbocycles. The van der Waals surface area contributed by atoms with Gasteiger partial charge in [-0.3, -0.25) is 4.79 Å². The van der Waals surface area contributed by atoms with E-state index in [2.05, 4.69) is 38.8 Å². The van der Waals surface area contributed by atoms with E-state index in [1.165, 1.54) is 18.4 Å². The number of hydrogen-bond acceptors (Lipinski definition) is 6. The van der Waals surface area contributed by atoms with Crippen molar-refractivity contribution in [2.75, 3.05) is 43.5 Å². The van der Waals surface area contributed by atoms with Crippen molar-refractivity contribution in [1.29, 1.82) is 0 Å². The molecule has 0 radical (unpaired) electrons. The first-order chi connectivity index (χ1) is 14.2. The monoisotopic (exact) mass is 415 g/mol. The van der Waals surface area contributed by atoms with Gasteiger partial charge in [0, 0.05) is 31.9 Å². The van der Waals surface area contributed by atoms with Crippen LogP contribution in [0.25, 0.3) is 0 Å². The zero-order valence-corrected chi connectivity index (χ0v) is 17.1. The summed E-state index contributed by atoms with van der Waals surface area (Å²) < 4.78 is 5.27. The van der Waals surface area contributed by atoms with Crippen molar-refractivity contribution in [1.82, 2.24) is 14.9 Å². The minimum Gasteiger partial charge on any atom is -0.372 e. The van der Waals surface area contributed by atoms with E-state index in [4.69, 9.17) is 16.3 Å². The van der Waals surface area contributed by atoms with E-state index in [-0.39, 0.29) is 12.5 Å². The molecule has 1 saturated heterocycles. The summed E-state index contributed by atoms with van der Waals surface area (Å²) in [6.45, 7) is 2.94. The Hall–Kier alpha value is -2.38. The van der Waals surface area contributed by atoms with Gasteiger partial charge in [0.15, 0.2) is 0 Å². The summed E-state index contributed by atoms with van der Waals surface area (Å²) in [5.41, 5.74) is 2.36. The molecule has 1 amide bonds. The number of nitrogens with one attached hydrogen (secondary N) is 2. The second-order valence-corrected chi connectivity index (χ2v) is 7.85. The Morgan fingerprint density at radius 3 is 3.00 bits per heavy atom. The number of anilines is 3. The quantitative estimate of drug-likeness (QED) is 0.638. The molecule has 2 aliphatic rings. The molecule has 0 spiro atoms. The lowest BCUT2D eigenvalue weighted by molar-refractivity contribution is -0.133. The van der Waals surface area contributed by atoms with Gasteiger partial charge in [0.1, 0.15) is 17.4 Å². The van der Waals surface area contributed by atoms with Gasteiger partial charge >= 0.3 is 0 Å². The minimum absolute atomic E-state index is 0.0587. The number of aromatic nitrogens is 2. The molecule has 8 heteroatoms. The number of ether oxygens (including phenoxy) is 1. The van der Waals surface area contributed by atoms with Gasteiger partial charge < -0.3 is 20.3 Å². The van der Waals surface area contributed by atoms with Crippen LogP contribution in [0, 0.1) is 0 Å². The second kappa shape index (κ2) is 9.41. The van der Waals surface area contributed by atoms with Crippen molar-refractivity contribution in [2.45, 2.75) is 31.6 Å². The van der Waals surface area contributed by atoms with Crippen LogP contribution in [0.2, 0.25) is 5.02 Å². The molecular formula is C21H26ClN5O2. The molecular weight excluding hydrogens is 390 g/mol. The van der Waals surface area contributed by atoms with Gasteiger partial charge in [0.05, 0.1) is 6.20 Å². The Balaban J connectivity index is 1.33. The molecule has 2 aromatic rings. The smallest absolute Gasteiger partial charge is 0.248 e. The van der Waals surface area contributed by atoms with Gasteiger partial charge in [-0.15, -0.1) is 0 Å². The minimum atomic E-state index is 0.0587. The van der Waals surface area contributed by atoms with Gasteiger partial charge in [0.25, 0.3) is 0 Å². The maximum absolute atomic E-state index is 12.0. The molecule has 0 atom stereocenters. The number of carbonyl (C=O) groups is 1. The van der Waals surface area contributed by atoms with Gasteiger partial charge in [-0.25, -0.2) is 4.98 Å². The number of nitrogens with zero attached hydrogens (tertiary/aromatic N) is 3. The average Bonchev–Trinajstić information content (AvgIpc) is 3.57. The zero-order chi connectivity index (χ0) is 20.1. The molecule has 7 nitrogen and oxygen atoms in total. The summed E-state index contributed by atoms with van der Waals surface area (Å²) in [6.07, 6.45) is 5.76. The number of benzene rings is 1. The highest BCUT2D eigenvalue weighted by Gasteiger charge is 2.26. The number of rotatable bonds is 8. The van der Waals surface area contributed by atoms with E-state index < -0.39 is 0 Å². The topological polar surface area (TPSA) is 79.4 Å². The summed E-state index contributed by atoms with van der Waals surface area (Å²) >= 11 is 6.27. The predicted octanol–water partition coefficient (Wildman–Crippen LogP) is 3.80. The van der Waals surface area contributed by atoms with Crippen LogP contribution in [-0.2, 0) is 9.53 Å². The van der Waals surface area contributed by atoms with Crippen LogP contribution in [-0.4, -0.2) is 53.6 Å². The van der Waals surface area contributed by atoms with Gasteiger partial charge in [-0.05, 0) is 43.2 Å². The fraction of sp³-hybridized carbons (Fsp3) is 0.476. The standard InChI is InChI=1S/C21H26ClN5O2/c22-17-13-24-21(25-18-6-2-1-5-16(18)15-7-8-15)26-20(17)23-9-3-10-27-11-4-12-29-14-19(27)28/h1-2,5-6,13,15H,3-4,7-12,14H2,(H2,23,24,25,26). The number of carbonyl (C=O) groups excluding carboxylic acids is 1. The molecule has 29 heavy (non-hydrogen) atoms. The number of hydrogen-bond donors (Lipinski definition) is 2. The van der Waals surface area contributed by atoms with Crippen molar-refractivity contribution in [3.8, 4) is 0 Å². The van der Waals surface area contributed by atoms with E-state index in [1.54, 1.807) is 6.20 Å². The van der Waals surface area contributed by atoms with Crippen LogP contribution in [0.3, 0.4) is 0 Å². The molecule has 2 fully saturated rings. The van der Waals surface area contributed by atoms with Crippen LogP contribution in [0.15, 0.2) is 30.5 Å². The van der Waals surface area contributed by atoms with Gasteiger partial charge in [-0.2, -0.15) is 4.98 Å². The molecule has 1 aromatic heterocycles. The van der Waals surface area contributed by atoms with Crippen LogP contribution in [0.5, 0.6) is 0 Å². The van der Waals surface area contributed by atoms with Crippen molar-refractivity contribution >= 4 is 35.0 Å². The molecule has 1 saturated carbocycles. The van der Waals surface area contributed by atoms with Crippen LogP contribution >= 0.6 is 11.6 Å². The number of amides is 1. The first-order valence-electron chi connectivity index (χ1n) is 10.2. The normalized spacial score (nSPS) is 17.1. The van der Waals surface area contributed by atoms with E-state index >= 15 is 0 Å². The Bertz CT molecular complexity index is 859. The summed E-state index contributed by atoms with van der Waals surface area (Å²) in [4.78, 5) is 22.7. The van der Waals surface area contributed by atoms with E-state index in [0.29, 0.717) is 42.4 Å². The van der Waals surface area contributed by atoms with Crippen molar-refractivity contribution in [3.63, 3.8) is 0 Å². The lowest BCUT2D eigenvalue weighted by Crippen LogP contribution is -2.34. The molecule has 1 aliphatic carbocycles. The van der Waals surface area contributed by atoms with Crippen molar-refractivity contribution in [2.24, 2.45) is 0 Å². The van der Waals surface area contributed by atoms with E-state index in [0.717, 1.165) is 25.1 Å². The Morgan fingerprint density at radius 2 is 2.14 bits per heavy atom. The largest absolute Gasteiger partial charge is 0.372 e. The Kier molecular flexibility index (Phi) is 6.46. The van der Waals surface area contributed by atoms with E-state index in [1.807, 2.05) is 11.0 Å². The number of para-hydroxylation sites is 1. The third kappa shape index (κ3) is 5.36. The summed E-state index contributed by atoms with van der Waals surface area (Å²) in [5, 5.41) is 7.07. The molecule has 2 heterocycles. The van der Waals surface area contributed by atoms with Crippen LogP contribution < -0.4 is 10.6 Å². The Labute approximate surface area is 175 Å². The maximum atomic E-state index is 12.0. The van der Waals surface area contributed by atoms with Crippen LogP contribution in [0.1, 0.15) is 37.2 Å². The molecule has 0 unspecified atom stereocenters. The summed E-state index contributed by atoms with van der Waals surface area (Å²) in [7, 11) is 0. The van der Waals surface area contributed by atoms with Crippen LogP contribution in [0.4, 0.5) is 17.5 Å². The second-order valence-electron chi connectivity index (χ2n) is 7.44. The lowest BCUT2D eigenvalue weighted by atomic mass is 10.1. The first-order valence-corrected chi connectivity index (χ1v) is 10.6. The first kappa shape index (κ1) is 19.9. The zero-order valence-electron chi connectivity index (χ0n) is 16.4.